The number of amides is 2. The fourth-order valence-corrected chi connectivity index (χ4v) is 6.36. The van der Waals surface area contributed by atoms with Gasteiger partial charge < -0.3 is 15.4 Å². The SMILES string of the molecule is O=C(CNC(=O)Oc1ccccc1)Nc1ccc(C23CC4CC(CC(C4)C2)C3)cc1. The van der Waals surface area contributed by atoms with E-state index in [0.29, 0.717) is 11.2 Å². The minimum Gasteiger partial charge on any atom is -0.410 e. The van der Waals surface area contributed by atoms with Crippen LogP contribution in [-0.4, -0.2) is 18.5 Å². The highest BCUT2D eigenvalue weighted by Gasteiger charge is 2.51. The van der Waals surface area contributed by atoms with Crippen molar-refractivity contribution >= 4 is 17.7 Å². The maximum absolute atomic E-state index is 12.2. The molecule has 4 aliphatic carbocycles. The van der Waals surface area contributed by atoms with Gasteiger partial charge in [-0.2, -0.15) is 0 Å². The van der Waals surface area contributed by atoms with Crippen molar-refractivity contribution in [2.45, 2.75) is 43.9 Å². The topological polar surface area (TPSA) is 67.4 Å². The lowest BCUT2D eigenvalue weighted by atomic mass is 9.48. The Hall–Kier alpha value is -2.82. The molecule has 0 unspecified atom stereocenters. The summed E-state index contributed by atoms with van der Waals surface area (Å²) in [5.74, 6) is 2.91. The van der Waals surface area contributed by atoms with Gasteiger partial charge in [0.1, 0.15) is 12.3 Å². The highest BCUT2D eigenvalue weighted by Crippen LogP contribution is 2.60. The molecule has 4 aliphatic rings. The number of hydrogen-bond donors (Lipinski definition) is 2. The maximum atomic E-state index is 12.2. The molecule has 5 heteroatoms. The zero-order valence-electron chi connectivity index (χ0n) is 17.1. The van der Waals surface area contributed by atoms with Gasteiger partial charge in [0.25, 0.3) is 0 Å². The molecule has 0 aliphatic heterocycles. The van der Waals surface area contributed by atoms with Crippen molar-refractivity contribution in [2.75, 3.05) is 11.9 Å². The Kier molecular flexibility index (Phi) is 4.97. The zero-order valence-corrected chi connectivity index (χ0v) is 17.1. The second-order valence-electron chi connectivity index (χ2n) is 9.38. The Morgan fingerprint density at radius 1 is 0.867 bits per heavy atom. The van der Waals surface area contributed by atoms with Crippen LogP contribution in [0, 0.1) is 17.8 Å². The maximum Gasteiger partial charge on any atom is 0.413 e. The average molecular weight is 405 g/mol. The van der Waals surface area contributed by atoms with Crippen LogP contribution in [0.25, 0.3) is 0 Å². The molecule has 0 atom stereocenters. The summed E-state index contributed by atoms with van der Waals surface area (Å²) in [6, 6.07) is 17.1. The van der Waals surface area contributed by atoms with Crippen LogP contribution in [0.2, 0.25) is 0 Å². The molecule has 156 valence electrons. The Balaban J connectivity index is 1.15. The quantitative estimate of drug-likeness (QED) is 0.746. The molecule has 30 heavy (non-hydrogen) atoms. The van der Waals surface area contributed by atoms with Gasteiger partial charge in [-0.1, -0.05) is 30.3 Å². The molecule has 2 amide bonds. The molecule has 6 rings (SSSR count). The third-order valence-corrected chi connectivity index (χ3v) is 7.17. The van der Waals surface area contributed by atoms with Crippen LogP contribution in [0.15, 0.2) is 54.6 Å². The third kappa shape index (κ3) is 3.93. The Bertz CT molecular complexity index is 888. The smallest absolute Gasteiger partial charge is 0.410 e. The fraction of sp³-hybridized carbons (Fsp3) is 0.440. The molecular weight excluding hydrogens is 376 g/mol. The van der Waals surface area contributed by atoms with E-state index in [-0.39, 0.29) is 12.5 Å². The summed E-state index contributed by atoms with van der Waals surface area (Å²) in [5.41, 5.74) is 2.55. The van der Waals surface area contributed by atoms with Crippen molar-refractivity contribution in [3.05, 3.63) is 60.2 Å². The van der Waals surface area contributed by atoms with E-state index < -0.39 is 6.09 Å². The second-order valence-corrected chi connectivity index (χ2v) is 9.38. The van der Waals surface area contributed by atoms with Crippen molar-refractivity contribution in [3.8, 4) is 5.75 Å². The van der Waals surface area contributed by atoms with Gasteiger partial charge in [-0.3, -0.25) is 4.79 Å². The van der Waals surface area contributed by atoms with Crippen molar-refractivity contribution in [1.29, 1.82) is 0 Å². The van der Waals surface area contributed by atoms with E-state index in [1.54, 1.807) is 24.3 Å². The predicted octanol–water partition coefficient (Wildman–Crippen LogP) is 4.88. The molecule has 0 radical (unpaired) electrons. The van der Waals surface area contributed by atoms with Gasteiger partial charge in [-0.25, -0.2) is 4.79 Å². The number of para-hydroxylation sites is 1. The Morgan fingerprint density at radius 2 is 1.47 bits per heavy atom. The number of carbonyl (C=O) groups excluding carboxylic acids is 2. The molecule has 0 spiro atoms. The van der Waals surface area contributed by atoms with Crippen molar-refractivity contribution in [3.63, 3.8) is 0 Å². The van der Waals surface area contributed by atoms with E-state index in [1.165, 1.54) is 44.1 Å². The van der Waals surface area contributed by atoms with E-state index in [1.807, 2.05) is 18.2 Å². The van der Waals surface area contributed by atoms with Gasteiger partial charge in [0.15, 0.2) is 0 Å². The molecule has 0 aromatic heterocycles. The first-order valence-electron chi connectivity index (χ1n) is 11.0. The molecule has 4 saturated carbocycles. The lowest BCUT2D eigenvalue weighted by molar-refractivity contribution is -0.115. The molecule has 2 aromatic carbocycles. The van der Waals surface area contributed by atoms with E-state index in [9.17, 15) is 9.59 Å². The molecule has 4 bridgehead atoms. The average Bonchev–Trinajstić information content (AvgIpc) is 2.72. The van der Waals surface area contributed by atoms with E-state index in [0.717, 1.165) is 23.4 Å². The lowest BCUT2D eigenvalue weighted by Crippen LogP contribution is -2.48. The lowest BCUT2D eigenvalue weighted by Gasteiger charge is -2.57. The van der Waals surface area contributed by atoms with Crippen molar-refractivity contribution in [2.24, 2.45) is 17.8 Å². The number of hydrogen-bond acceptors (Lipinski definition) is 3. The molecule has 4 fully saturated rings. The summed E-state index contributed by atoms with van der Waals surface area (Å²) in [4.78, 5) is 24.0. The van der Waals surface area contributed by atoms with Crippen LogP contribution in [0.3, 0.4) is 0 Å². The van der Waals surface area contributed by atoms with Crippen LogP contribution in [0.5, 0.6) is 5.75 Å². The minimum absolute atomic E-state index is 0.137. The van der Waals surface area contributed by atoms with E-state index in [4.69, 9.17) is 4.74 Å². The van der Waals surface area contributed by atoms with Gasteiger partial charge in [-0.15, -0.1) is 0 Å². The van der Waals surface area contributed by atoms with Gasteiger partial charge in [0.05, 0.1) is 0 Å². The third-order valence-electron chi connectivity index (χ3n) is 7.17. The summed E-state index contributed by atoms with van der Waals surface area (Å²) in [6.45, 7) is -0.137. The highest BCUT2D eigenvalue weighted by atomic mass is 16.6. The van der Waals surface area contributed by atoms with E-state index >= 15 is 0 Å². The Morgan fingerprint density at radius 3 is 2.07 bits per heavy atom. The number of nitrogens with one attached hydrogen (secondary N) is 2. The summed E-state index contributed by atoms with van der Waals surface area (Å²) in [5, 5.41) is 5.33. The molecule has 2 aromatic rings. The normalized spacial score (nSPS) is 28.7. The summed E-state index contributed by atoms with van der Waals surface area (Å²) in [6.07, 6.45) is 7.66. The fourth-order valence-electron chi connectivity index (χ4n) is 6.36. The zero-order chi connectivity index (χ0) is 20.6. The first-order chi connectivity index (χ1) is 14.6. The van der Waals surface area contributed by atoms with Crippen LogP contribution in [0.4, 0.5) is 10.5 Å². The minimum atomic E-state index is -0.645. The van der Waals surface area contributed by atoms with Crippen LogP contribution < -0.4 is 15.4 Å². The number of carbonyl (C=O) groups is 2. The first-order valence-corrected chi connectivity index (χ1v) is 11.0. The van der Waals surface area contributed by atoms with Crippen molar-refractivity contribution in [1.82, 2.24) is 5.32 Å². The highest BCUT2D eigenvalue weighted by molar-refractivity contribution is 5.94. The molecule has 5 nitrogen and oxygen atoms in total. The predicted molar refractivity (Wildman–Crippen MR) is 115 cm³/mol. The molecule has 2 N–H and O–H groups in total. The first kappa shape index (κ1) is 19.2. The summed E-state index contributed by atoms with van der Waals surface area (Å²) < 4.78 is 5.12. The van der Waals surface area contributed by atoms with Crippen LogP contribution in [0.1, 0.15) is 44.1 Å². The molecule has 0 saturated heterocycles. The summed E-state index contributed by atoms with van der Waals surface area (Å²) >= 11 is 0. The number of benzene rings is 2. The number of ether oxygens (including phenoxy) is 1. The summed E-state index contributed by atoms with van der Waals surface area (Å²) in [7, 11) is 0. The monoisotopic (exact) mass is 404 g/mol. The van der Waals surface area contributed by atoms with Crippen molar-refractivity contribution < 1.29 is 14.3 Å². The van der Waals surface area contributed by atoms with Crippen LogP contribution >= 0.6 is 0 Å². The molecule has 0 heterocycles. The molecular formula is C25H28N2O3. The van der Waals surface area contributed by atoms with Gasteiger partial charge >= 0.3 is 6.09 Å². The largest absolute Gasteiger partial charge is 0.413 e. The second kappa shape index (κ2) is 7.78. The van der Waals surface area contributed by atoms with Gasteiger partial charge in [-0.05, 0) is 91.5 Å². The van der Waals surface area contributed by atoms with E-state index in [2.05, 4.69) is 22.8 Å². The number of rotatable bonds is 5. The van der Waals surface area contributed by atoms with Gasteiger partial charge in [0.2, 0.25) is 5.91 Å². The van der Waals surface area contributed by atoms with Crippen LogP contribution in [-0.2, 0) is 10.2 Å². The number of anilines is 1. The standard InChI is InChI=1S/C25H28N2O3/c28-23(16-26-24(29)30-22-4-2-1-3-5-22)27-21-8-6-20(7-9-21)25-13-17-10-18(14-25)12-19(11-17)15-25/h1-9,17-19H,10-16H2,(H,26,29)(H,27,28). The Labute approximate surface area is 177 Å². The van der Waals surface area contributed by atoms with Gasteiger partial charge in [0, 0.05) is 5.69 Å².